The minimum atomic E-state index is 0.374. The van der Waals surface area contributed by atoms with E-state index >= 15 is 0 Å². The first-order chi connectivity index (χ1) is 8.21. The van der Waals surface area contributed by atoms with E-state index in [4.69, 9.17) is 18.0 Å². The number of anilines is 1. The van der Waals surface area contributed by atoms with Crippen LogP contribution in [-0.2, 0) is 0 Å². The summed E-state index contributed by atoms with van der Waals surface area (Å²) in [6.45, 7) is 0.978. The van der Waals surface area contributed by atoms with Crippen LogP contribution in [0, 0.1) is 11.3 Å². The van der Waals surface area contributed by atoms with Gasteiger partial charge in [0.15, 0.2) is 5.82 Å². The third-order valence-electron chi connectivity index (χ3n) is 3.93. The first-order valence-corrected chi connectivity index (χ1v) is 6.47. The number of nitrogens with two attached hydrogens (primary N) is 1. The van der Waals surface area contributed by atoms with Crippen molar-refractivity contribution in [2.75, 3.05) is 11.9 Å². The zero-order chi connectivity index (χ0) is 11.9. The van der Waals surface area contributed by atoms with Crippen LogP contribution >= 0.6 is 12.2 Å². The standard InChI is InChI=1S/C12H16N4S/c13-10(17)9-3-6-15-16-11(9)14-7-12(4-5-12)8-1-2-8/h3,6,8H,1-2,4-5,7H2,(H2,13,17)(H,14,16). The molecule has 0 spiro atoms. The number of aromatic nitrogens is 2. The molecule has 90 valence electrons. The fourth-order valence-electron chi connectivity index (χ4n) is 2.51. The predicted molar refractivity (Wildman–Crippen MR) is 70.8 cm³/mol. The monoisotopic (exact) mass is 248 g/mol. The lowest BCUT2D eigenvalue weighted by molar-refractivity contribution is 0.466. The highest BCUT2D eigenvalue weighted by atomic mass is 32.1. The molecule has 2 aliphatic carbocycles. The highest BCUT2D eigenvalue weighted by molar-refractivity contribution is 7.80. The largest absolute Gasteiger partial charge is 0.389 e. The fraction of sp³-hybridized carbons (Fsp3) is 0.583. The Balaban J connectivity index is 1.70. The van der Waals surface area contributed by atoms with Crippen LogP contribution in [0.4, 0.5) is 5.82 Å². The van der Waals surface area contributed by atoms with E-state index in [2.05, 4.69) is 15.5 Å². The molecule has 0 saturated heterocycles. The molecule has 17 heavy (non-hydrogen) atoms. The Hall–Kier alpha value is -1.23. The summed E-state index contributed by atoms with van der Waals surface area (Å²) < 4.78 is 0. The van der Waals surface area contributed by atoms with E-state index in [1.807, 2.05) is 6.07 Å². The van der Waals surface area contributed by atoms with E-state index in [1.54, 1.807) is 6.20 Å². The molecular formula is C12H16N4S. The molecule has 2 saturated carbocycles. The molecule has 0 amide bonds. The van der Waals surface area contributed by atoms with Crippen molar-refractivity contribution in [1.82, 2.24) is 10.2 Å². The van der Waals surface area contributed by atoms with E-state index < -0.39 is 0 Å². The van der Waals surface area contributed by atoms with Crippen molar-refractivity contribution in [3.05, 3.63) is 17.8 Å². The van der Waals surface area contributed by atoms with E-state index in [1.165, 1.54) is 25.7 Å². The number of nitrogens with zero attached hydrogens (tertiary/aromatic N) is 2. The van der Waals surface area contributed by atoms with Crippen molar-refractivity contribution in [2.24, 2.45) is 17.1 Å². The van der Waals surface area contributed by atoms with Crippen LogP contribution in [0.25, 0.3) is 0 Å². The first kappa shape index (κ1) is 10.9. The van der Waals surface area contributed by atoms with Crippen molar-refractivity contribution < 1.29 is 0 Å². The van der Waals surface area contributed by atoms with Gasteiger partial charge in [-0.3, -0.25) is 0 Å². The van der Waals surface area contributed by atoms with Crippen molar-refractivity contribution in [2.45, 2.75) is 25.7 Å². The minimum Gasteiger partial charge on any atom is -0.389 e. The lowest BCUT2D eigenvalue weighted by Crippen LogP contribution is -2.21. The van der Waals surface area contributed by atoms with Gasteiger partial charge in [0.2, 0.25) is 0 Å². The molecule has 5 heteroatoms. The Labute approximate surface area is 106 Å². The molecule has 0 unspecified atom stereocenters. The zero-order valence-corrected chi connectivity index (χ0v) is 10.5. The topological polar surface area (TPSA) is 63.8 Å². The van der Waals surface area contributed by atoms with Gasteiger partial charge < -0.3 is 11.1 Å². The van der Waals surface area contributed by atoms with Crippen LogP contribution in [0.5, 0.6) is 0 Å². The second-order valence-corrected chi connectivity index (χ2v) is 5.59. The quantitative estimate of drug-likeness (QED) is 0.777. The molecule has 0 bridgehead atoms. The minimum absolute atomic E-state index is 0.374. The summed E-state index contributed by atoms with van der Waals surface area (Å²) in [4.78, 5) is 0.374. The van der Waals surface area contributed by atoms with Crippen LogP contribution in [0.15, 0.2) is 12.3 Å². The van der Waals surface area contributed by atoms with Gasteiger partial charge in [-0.1, -0.05) is 12.2 Å². The van der Waals surface area contributed by atoms with E-state index in [-0.39, 0.29) is 0 Å². The van der Waals surface area contributed by atoms with Crippen LogP contribution in [0.3, 0.4) is 0 Å². The zero-order valence-electron chi connectivity index (χ0n) is 9.65. The summed E-state index contributed by atoms with van der Waals surface area (Å²) in [7, 11) is 0. The third-order valence-corrected chi connectivity index (χ3v) is 4.15. The van der Waals surface area contributed by atoms with Gasteiger partial charge in [-0.15, -0.1) is 5.10 Å². The summed E-state index contributed by atoms with van der Waals surface area (Å²) in [5.74, 6) is 1.66. The molecule has 0 aliphatic heterocycles. The maximum absolute atomic E-state index is 5.67. The first-order valence-electron chi connectivity index (χ1n) is 6.07. The van der Waals surface area contributed by atoms with Gasteiger partial charge in [0.05, 0.1) is 11.8 Å². The van der Waals surface area contributed by atoms with Crippen molar-refractivity contribution in [3.8, 4) is 0 Å². The Morgan fingerprint density at radius 3 is 2.88 bits per heavy atom. The number of nitrogens with one attached hydrogen (secondary N) is 1. The number of rotatable bonds is 5. The Morgan fingerprint density at radius 2 is 2.29 bits per heavy atom. The third kappa shape index (κ3) is 2.11. The molecule has 1 heterocycles. The molecule has 0 aromatic carbocycles. The summed E-state index contributed by atoms with van der Waals surface area (Å²) in [5.41, 5.74) is 6.99. The highest BCUT2D eigenvalue weighted by Gasteiger charge is 2.53. The Kier molecular flexibility index (Phi) is 2.50. The molecule has 3 N–H and O–H groups in total. The van der Waals surface area contributed by atoms with Gasteiger partial charge in [0.1, 0.15) is 4.99 Å². The molecule has 1 aromatic heterocycles. The lowest BCUT2D eigenvalue weighted by atomic mass is 10.0. The fourth-order valence-corrected chi connectivity index (χ4v) is 2.67. The Bertz CT molecular complexity index is 452. The average Bonchev–Trinajstić information content (AvgIpc) is 3.17. The van der Waals surface area contributed by atoms with Crippen LogP contribution < -0.4 is 11.1 Å². The van der Waals surface area contributed by atoms with Gasteiger partial charge in [0.25, 0.3) is 0 Å². The second kappa shape index (κ2) is 3.91. The van der Waals surface area contributed by atoms with Crippen LogP contribution in [0.2, 0.25) is 0 Å². The van der Waals surface area contributed by atoms with Crippen LogP contribution in [-0.4, -0.2) is 21.7 Å². The summed E-state index contributed by atoms with van der Waals surface area (Å²) in [5, 5.41) is 11.3. The molecular weight excluding hydrogens is 232 g/mol. The number of thiocarbonyl (C=S) groups is 1. The van der Waals surface area contributed by atoms with Gasteiger partial charge in [-0.25, -0.2) is 0 Å². The van der Waals surface area contributed by atoms with Gasteiger partial charge >= 0.3 is 0 Å². The summed E-state index contributed by atoms with van der Waals surface area (Å²) in [6.07, 6.45) is 7.09. The van der Waals surface area contributed by atoms with Crippen molar-refractivity contribution in [1.29, 1.82) is 0 Å². The van der Waals surface area contributed by atoms with Gasteiger partial charge in [-0.05, 0) is 43.1 Å². The maximum Gasteiger partial charge on any atom is 0.158 e. The molecule has 1 aromatic rings. The smallest absolute Gasteiger partial charge is 0.158 e. The maximum atomic E-state index is 5.67. The lowest BCUT2D eigenvalue weighted by Gasteiger charge is -2.16. The van der Waals surface area contributed by atoms with Crippen molar-refractivity contribution in [3.63, 3.8) is 0 Å². The average molecular weight is 248 g/mol. The molecule has 4 nitrogen and oxygen atoms in total. The number of hydrogen-bond acceptors (Lipinski definition) is 4. The molecule has 2 aliphatic rings. The van der Waals surface area contributed by atoms with E-state index in [9.17, 15) is 0 Å². The normalized spacial score (nSPS) is 20.9. The molecule has 2 fully saturated rings. The van der Waals surface area contributed by atoms with Crippen LogP contribution in [0.1, 0.15) is 31.2 Å². The Morgan fingerprint density at radius 1 is 1.53 bits per heavy atom. The van der Waals surface area contributed by atoms with Gasteiger partial charge in [0, 0.05) is 6.54 Å². The van der Waals surface area contributed by atoms with E-state index in [0.29, 0.717) is 10.4 Å². The highest BCUT2D eigenvalue weighted by Crippen LogP contribution is 2.61. The molecule has 0 atom stereocenters. The number of hydrogen-bond donors (Lipinski definition) is 2. The van der Waals surface area contributed by atoms with E-state index in [0.717, 1.165) is 23.8 Å². The molecule has 3 rings (SSSR count). The summed E-state index contributed by atoms with van der Waals surface area (Å²) >= 11 is 5.01. The summed E-state index contributed by atoms with van der Waals surface area (Å²) in [6, 6.07) is 1.81. The van der Waals surface area contributed by atoms with Crippen molar-refractivity contribution >= 4 is 23.0 Å². The van der Waals surface area contributed by atoms with Gasteiger partial charge in [-0.2, -0.15) is 5.10 Å². The second-order valence-electron chi connectivity index (χ2n) is 5.15. The SMILES string of the molecule is NC(=S)c1ccnnc1NCC1(C2CC2)CC1. The molecule has 0 radical (unpaired) electrons. The predicted octanol–water partition coefficient (Wildman–Crippen LogP) is 1.71.